The molecule has 0 radical (unpaired) electrons. The maximum Gasteiger partial charge on any atom is 0.236 e. The molecule has 1 aromatic rings. The van der Waals surface area contributed by atoms with Gasteiger partial charge in [0, 0.05) is 44.3 Å². The molecule has 0 unspecified atom stereocenters. The summed E-state index contributed by atoms with van der Waals surface area (Å²) in [7, 11) is 0. The normalized spacial score (nSPS) is 19.0. The van der Waals surface area contributed by atoms with Crippen LogP contribution in [0.15, 0.2) is 18.2 Å². The van der Waals surface area contributed by atoms with Crippen molar-refractivity contribution in [3.05, 3.63) is 28.8 Å². The zero-order valence-electron chi connectivity index (χ0n) is 13.2. The van der Waals surface area contributed by atoms with Crippen molar-refractivity contribution >= 4 is 23.2 Å². The van der Waals surface area contributed by atoms with Crippen LogP contribution in [0.3, 0.4) is 0 Å². The van der Waals surface area contributed by atoms with Gasteiger partial charge in [0.15, 0.2) is 0 Å². The van der Waals surface area contributed by atoms with Crippen LogP contribution in [-0.4, -0.2) is 61.5 Å². The summed E-state index contributed by atoms with van der Waals surface area (Å²) < 4.78 is 0. The van der Waals surface area contributed by atoms with Crippen LogP contribution in [-0.2, 0) is 4.79 Å². The molecule has 23 heavy (non-hydrogen) atoms. The first-order valence-corrected chi connectivity index (χ1v) is 8.50. The number of likely N-dealkylation sites (tertiary alicyclic amines) is 1. The molecule has 0 aliphatic carbocycles. The number of amides is 1. The standard InChI is InChI=1S/C17H21ClN4O/c18-15-4-3-14(12-19)16(11-15)21-9-7-20(8-10-21)13-17(23)22-5-1-2-6-22/h3-4,11H,1-2,5-10,13H2. The molecule has 2 fully saturated rings. The molecule has 0 bridgehead atoms. The van der Waals surface area contributed by atoms with E-state index in [1.807, 2.05) is 11.0 Å². The van der Waals surface area contributed by atoms with Crippen LogP contribution in [0.4, 0.5) is 5.69 Å². The monoisotopic (exact) mass is 332 g/mol. The topological polar surface area (TPSA) is 50.6 Å². The van der Waals surface area contributed by atoms with Gasteiger partial charge in [-0.3, -0.25) is 9.69 Å². The first-order chi connectivity index (χ1) is 11.2. The molecule has 2 aliphatic heterocycles. The highest BCUT2D eigenvalue weighted by atomic mass is 35.5. The molecule has 2 saturated heterocycles. The van der Waals surface area contributed by atoms with Gasteiger partial charge in [0.05, 0.1) is 17.8 Å². The molecule has 2 aliphatic rings. The van der Waals surface area contributed by atoms with Crippen LogP contribution in [0.25, 0.3) is 0 Å². The minimum Gasteiger partial charge on any atom is -0.368 e. The van der Waals surface area contributed by atoms with Gasteiger partial charge < -0.3 is 9.80 Å². The zero-order chi connectivity index (χ0) is 16.2. The third-order valence-corrected chi connectivity index (χ3v) is 4.85. The molecular weight excluding hydrogens is 312 g/mol. The largest absolute Gasteiger partial charge is 0.368 e. The lowest BCUT2D eigenvalue weighted by Gasteiger charge is -2.36. The minimum absolute atomic E-state index is 0.247. The second-order valence-electron chi connectivity index (χ2n) is 6.12. The molecule has 6 heteroatoms. The van der Waals surface area contributed by atoms with E-state index >= 15 is 0 Å². The highest BCUT2D eigenvalue weighted by Crippen LogP contribution is 2.25. The van der Waals surface area contributed by atoms with E-state index in [9.17, 15) is 10.1 Å². The Balaban J connectivity index is 1.57. The summed E-state index contributed by atoms with van der Waals surface area (Å²) in [6.45, 7) is 5.60. The van der Waals surface area contributed by atoms with Crippen molar-refractivity contribution in [1.29, 1.82) is 5.26 Å². The fourth-order valence-corrected chi connectivity index (χ4v) is 3.43. The van der Waals surface area contributed by atoms with Crippen molar-refractivity contribution in [3.8, 4) is 6.07 Å². The fourth-order valence-electron chi connectivity index (χ4n) is 3.27. The number of halogens is 1. The number of anilines is 1. The van der Waals surface area contributed by atoms with Crippen molar-refractivity contribution in [3.63, 3.8) is 0 Å². The Labute approximate surface area is 142 Å². The molecule has 0 N–H and O–H groups in total. The number of nitrogens with zero attached hydrogens (tertiary/aromatic N) is 4. The fraction of sp³-hybridized carbons (Fsp3) is 0.529. The van der Waals surface area contributed by atoms with Crippen LogP contribution in [0.5, 0.6) is 0 Å². The molecular formula is C17H21ClN4O. The van der Waals surface area contributed by atoms with E-state index < -0.39 is 0 Å². The van der Waals surface area contributed by atoms with Crippen molar-refractivity contribution in [2.24, 2.45) is 0 Å². The quantitative estimate of drug-likeness (QED) is 0.849. The Morgan fingerprint density at radius 2 is 1.83 bits per heavy atom. The van der Waals surface area contributed by atoms with E-state index in [1.54, 1.807) is 12.1 Å². The summed E-state index contributed by atoms with van der Waals surface area (Å²) in [5.41, 5.74) is 1.54. The smallest absolute Gasteiger partial charge is 0.236 e. The average molecular weight is 333 g/mol. The summed E-state index contributed by atoms with van der Waals surface area (Å²) in [5.74, 6) is 0.247. The van der Waals surface area contributed by atoms with Crippen molar-refractivity contribution in [2.75, 3.05) is 50.7 Å². The number of carbonyl (C=O) groups is 1. The van der Waals surface area contributed by atoms with Gasteiger partial charge in [0.25, 0.3) is 0 Å². The third-order valence-electron chi connectivity index (χ3n) is 4.61. The van der Waals surface area contributed by atoms with E-state index in [1.165, 1.54) is 0 Å². The van der Waals surface area contributed by atoms with Gasteiger partial charge in [-0.05, 0) is 31.0 Å². The van der Waals surface area contributed by atoms with Crippen LogP contribution in [0.2, 0.25) is 5.02 Å². The van der Waals surface area contributed by atoms with Gasteiger partial charge in [0.1, 0.15) is 6.07 Å². The van der Waals surface area contributed by atoms with E-state index in [0.29, 0.717) is 17.1 Å². The van der Waals surface area contributed by atoms with E-state index in [4.69, 9.17) is 11.6 Å². The number of nitriles is 1. The lowest BCUT2D eigenvalue weighted by molar-refractivity contribution is -0.131. The summed E-state index contributed by atoms with van der Waals surface area (Å²) in [5, 5.41) is 9.90. The maximum atomic E-state index is 12.2. The highest BCUT2D eigenvalue weighted by molar-refractivity contribution is 6.30. The van der Waals surface area contributed by atoms with E-state index in [-0.39, 0.29) is 5.91 Å². The number of carbonyl (C=O) groups excluding carboxylic acids is 1. The molecule has 1 amide bonds. The molecule has 0 spiro atoms. The third kappa shape index (κ3) is 3.77. The molecule has 0 aromatic heterocycles. The van der Waals surface area contributed by atoms with Gasteiger partial charge in [-0.2, -0.15) is 5.26 Å². The molecule has 122 valence electrons. The van der Waals surface area contributed by atoms with E-state index in [2.05, 4.69) is 15.9 Å². The first-order valence-electron chi connectivity index (χ1n) is 8.12. The lowest BCUT2D eigenvalue weighted by atomic mass is 10.1. The predicted molar refractivity (Wildman–Crippen MR) is 90.6 cm³/mol. The maximum absolute atomic E-state index is 12.2. The van der Waals surface area contributed by atoms with Gasteiger partial charge in [-0.25, -0.2) is 0 Å². The Kier molecular flexibility index (Phi) is 5.04. The zero-order valence-corrected chi connectivity index (χ0v) is 13.9. The highest BCUT2D eigenvalue weighted by Gasteiger charge is 2.24. The molecule has 2 heterocycles. The summed E-state index contributed by atoms with van der Waals surface area (Å²) in [6.07, 6.45) is 2.26. The Hall–Kier alpha value is -1.77. The molecule has 0 atom stereocenters. The number of hydrogen-bond donors (Lipinski definition) is 0. The van der Waals surface area contributed by atoms with Crippen LogP contribution in [0.1, 0.15) is 18.4 Å². The average Bonchev–Trinajstić information content (AvgIpc) is 3.10. The molecule has 3 rings (SSSR count). The SMILES string of the molecule is N#Cc1ccc(Cl)cc1N1CCN(CC(=O)N2CCCC2)CC1. The van der Waals surface area contributed by atoms with Crippen LogP contribution in [0, 0.1) is 11.3 Å². The Bertz CT molecular complexity index is 614. The van der Waals surface area contributed by atoms with Crippen molar-refractivity contribution in [2.45, 2.75) is 12.8 Å². The van der Waals surface area contributed by atoms with Crippen molar-refractivity contribution < 1.29 is 4.79 Å². The second-order valence-corrected chi connectivity index (χ2v) is 6.56. The van der Waals surface area contributed by atoms with Gasteiger partial charge >= 0.3 is 0 Å². The number of rotatable bonds is 3. The Morgan fingerprint density at radius 1 is 1.13 bits per heavy atom. The van der Waals surface area contributed by atoms with Crippen LogP contribution >= 0.6 is 11.6 Å². The number of hydrogen-bond acceptors (Lipinski definition) is 4. The number of piperazine rings is 1. The van der Waals surface area contributed by atoms with Crippen molar-refractivity contribution in [1.82, 2.24) is 9.80 Å². The minimum atomic E-state index is 0.247. The predicted octanol–water partition coefficient (Wildman–Crippen LogP) is 1.96. The van der Waals surface area contributed by atoms with Crippen LogP contribution < -0.4 is 4.90 Å². The van der Waals surface area contributed by atoms with Gasteiger partial charge in [0.2, 0.25) is 5.91 Å². The second kappa shape index (κ2) is 7.20. The molecule has 5 nitrogen and oxygen atoms in total. The molecule has 1 aromatic carbocycles. The number of benzene rings is 1. The van der Waals surface area contributed by atoms with Gasteiger partial charge in [-0.15, -0.1) is 0 Å². The molecule has 0 saturated carbocycles. The summed E-state index contributed by atoms with van der Waals surface area (Å²) in [6, 6.07) is 7.59. The van der Waals surface area contributed by atoms with E-state index in [0.717, 1.165) is 57.8 Å². The first kappa shape index (κ1) is 16.1. The van der Waals surface area contributed by atoms with Gasteiger partial charge in [-0.1, -0.05) is 11.6 Å². The summed E-state index contributed by atoms with van der Waals surface area (Å²) in [4.78, 5) is 18.6. The summed E-state index contributed by atoms with van der Waals surface area (Å²) >= 11 is 6.07. The Morgan fingerprint density at radius 3 is 2.48 bits per heavy atom. The lowest BCUT2D eigenvalue weighted by Crippen LogP contribution is -2.50.